The first-order valence-corrected chi connectivity index (χ1v) is 21.3. The zero-order valence-corrected chi connectivity index (χ0v) is 37.1. The van der Waals surface area contributed by atoms with Crippen molar-refractivity contribution < 1.29 is 72.1 Å². The van der Waals surface area contributed by atoms with E-state index in [9.17, 15) is 34.2 Å². The smallest absolute Gasteiger partial charge is 0.408 e. The number of allylic oxidation sites excluding steroid dienone is 1. The van der Waals surface area contributed by atoms with E-state index in [0.717, 1.165) is 11.3 Å². The van der Waals surface area contributed by atoms with Gasteiger partial charge in [-0.05, 0) is 62.8 Å². The molecule has 0 radical (unpaired) electrons. The number of aliphatic hydroxyl groups excluding tert-OH is 1. The number of benzene rings is 1. The first kappa shape index (κ1) is 46.6. The molecule has 2 heterocycles. The second kappa shape index (κ2) is 17.3. The molecular weight excluding hydrogens is 827 g/mol. The van der Waals surface area contributed by atoms with Crippen LogP contribution in [0.4, 0.5) is 4.79 Å². The molecule has 336 valence electrons. The molecular formula is C45H55NO15S. The standard InChI is InChI=1S/C45H55NO15S/c1-10-29(47)60-44-23-56-28(44)18-19-43(8)35(44)37(59-38(51)27-17-14-20-62-27)45(54)21-26(24(2)31(42(45,6)7)34(36(43)50)58-30(48)22-55-9)57-39(52)33(49)32(25-15-12-11-13-16-25)46-40(53)61-41(3,4)5/h11-20,26,28,32-35,37,49,54H,10,21-23H2,1-9H3,(H,46,53)/t26-,28+,32-,33+,34+,35-,37-,43+,44-,45+/m0/s1. The lowest BCUT2D eigenvalue weighted by Crippen LogP contribution is -2.78. The molecule has 0 unspecified atom stereocenters. The zero-order chi connectivity index (χ0) is 45.6. The minimum atomic E-state index is -2.33. The molecule has 1 amide bonds. The average molecular weight is 882 g/mol. The Labute approximate surface area is 363 Å². The van der Waals surface area contributed by atoms with Crippen molar-refractivity contribution in [2.75, 3.05) is 20.3 Å². The lowest BCUT2D eigenvalue weighted by Gasteiger charge is -2.65. The number of carbonyl (C=O) groups excluding carboxylic acids is 6. The van der Waals surface area contributed by atoms with Gasteiger partial charge < -0.3 is 48.7 Å². The van der Waals surface area contributed by atoms with Gasteiger partial charge in [0.05, 0.1) is 24.0 Å². The summed E-state index contributed by atoms with van der Waals surface area (Å²) in [7, 11) is 1.27. The highest BCUT2D eigenvalue weighted by atomic mass is 32.1. The first-order valence-electron chi connectivity index (χ1n) is 20.4. The van der Waals surface area contributed by atoms with Gasteiger partial charge in [-0.2, -0.15) is 0 Å². The van der Waals surface area contributed by atoms with Gasteiger partial charge in [0.2, 0.25) is 0 Å². The number of aliphatic hydroxyl groups is 2. The molecule has 2 fully saturated rings. The number of methoxy groups -OCH3 is 1. The Morgan fingerprint density at radius 2 is 1.69 bits per heavy atom. The Bertz CT molecular complexity index is 2130. The Balaban J connectivity index is 1.54. The van der Waals surface area contributed by atoms with E-state index in [0.29, 0.717) is 5.56 Å². The summed E-state index contributed by atoms with van der Waals surface area (Å²) in [6, 6.07) is 9.95. The van der Waals surface area contributed by atoms with Crippen LogP contribution in [0.2, 0.25) is 0 Å². The van der Waals surface area contributed by atoms with Crippen LogP contribution in [0, 0.1) is 16.7 Å². The topological polar surface area (TPSA) is 220 Å². The van der Waals surface area contributed by atoms with Gasteiger partial charge >= 0.3 is 30.0 Å². The predicted molar refractivity (Wildman–Crippen MR) is 220 cm³/mol. The van der Waals surface area contributed by atoms with Crippen molar-refractivity contribution in [2.45, 2.75) is 122 Å². The number of alkyl carbamates (subject to hydrolysis) is 1. The maximum atomic E-state index is 15.5. The van der Waals surface area contributed by atoms with Crippen LogP contribution in [-0.2, 0) is 52.3 Å². The van der Waals surface area contributed by atoms with E-state index in [4.69, 9.17) is 33.2 Å². The molecule has 2 aromatic rings. The number of hydrogen-bond acceptors (Lipinski definition) is 16. The minimum Gasteiger partial charge on any atom is -0.456 e. The van der Waals surface area contributed by atoms with E-state index in [1.165, 1.54) is 26.2 Å². The van der Waals surface area contributed by atoms with Crippen molar-refractivity contribution in [3.05, 3.63) is 81.6 Å². The summed E-state index contributed by atoms with van der Waals surface area (Å²) in [5.74, 6) is -5.79. The van der Waals surface area contributed by atoms with Crippen LogP contribution >= 0.6 is 11.3 Å². The number of Topliss-reactive ketones (excluding diaryl/α,β-unsaturated/α-hetero) is 1. The summed E-state index contributed by atoms with van der Waals surface area (Å²) < 4.78 is 41.1. The largest absolute Gasteiger partial charge is 0.456 e. The van der Waals surface area contributed by atoms with Gasteiger partial charge in [-0.15, -0.1) is 11.3 Å². The Morgan fingerprint density at radius 1 is 1.00 bits per heavy atom. The van der Waals surface area contributed by atoms with Crippen molar-refractivity contribution in [1.29, 1.82) is 0 Å². The molecule has 0 spiro atoms. The minimum absolute atomic E-state index is 0.0383. The monoisotopic (exact) mass is 881 g/mol. The number of hydrogen-bond donors (Lipinski definition) is 3. The van der Waals surface area contributed by atoms with Crippen LogP contribution in [0.3, 0.4) is 0 Å². The van der Waals surface area contributed by atoms with E-state index >= 15 is 4.79 Å². The molecule has 1 aromatic carbocycles. The first-order chi connectivity index (χ1) is 29.0. The van der Waals surface area contributed by atoms with E-state index in [-0.39, 0.29) is 29.1 Å². The van der Waals surface area contributed by atoms with Crippen molar-refractivity contribution >= 4 is 47.1 Å². The Kier molecular flexibility index (Phi) is 13.0. The fraction of sp³-hybridized carbons (Fsp3) is 0.556. The maximum absolute atomic E-state index is 15.5. The van der Waals surface area contributed by atoms with Crippen LogP contribution in [-0.4, -0.2) is 114 Å². The number of nitrogens with one attached hydrogen (secondary N) is 1. The van der Waals surface area contributed by atoms with Gasteiger partial charge in [0.15, 0.2) is 23.6 Å². The maximum Gasteiger partial charge on any atom is 0.408 e. The molecule has 2 bridgehead atoms. The highest BCUT2D eigenvalue weighted by Crippen LogP contribution is 2.63. The molecule has 1 aliphatic heterocycles. The molecule has 3 aliphatic carbocycles. The molecule has 1 aromatic heterocycles. The van der Waals surface area contributed by atoms with Crippen molar-refractivity contribution in [1.82, 2.24) is 5.32 Å². The van der Waals surface area contributed by atoms with Crippen LogP contribution in [0.25, 0.3) is 0 Å². The summed E-state index contributed by atoms with van der Waals surface area (Å²) in [6.07, 6.45) is -6.34. The van der Waals surface area contributed by atoms with Crippen molar-refractivity contribution in [3.63, 3.8) is 0 Å². The highest BCUT2D eigenvalue weighted by molar-refractivity contribution is 7.11. The Morgan fingerprint density at radius 3 is 2.27 bits per heavy atom. The third-order valence-corrected chi connectivity index (χ3v) is 13.3. The number of ether oxygens (including phenoxy) is 7. The van der Waals surface area contributed by atoms with Crippen LogP contribution in [0.15, 0.2) is 71.1 Å². The van der Waals surface area contributed by atoms with Crippen LogP contribution in [0.5, 0.6) is 0 Å². The lowest BCUT2D eigenvalue weighted by molar-refractivity contribution is -0.307. The third-order valence-electron chi connectivity index (χ3n) is 12.4. The molecule has 17 heteroatoms. The van der Waals surface area contributed by atoms with Crippen molar-refractivity contribution in [2.24, 2.45) is 16.7 Å². The number of ketones is 1. The fourth-order valence-electron chi connectivity index (χ4n) is 9.30. The zero-order valence-electron chi connectivity index (χ0n) is 36.3. The van der Waals surface area contributed by atoms with Gasteiger partial charge in [0.25, 0.3) is 0 Å². The van der Waals surface area contributed by atoms with Gasteiger partial charge in [-0.1, -0.05) is 69.3 Å². The molecule has 10 atom stereocenters. The molecule has 4 aliphatic rings. The summed E-state index contributed by atoms with van der Waals surface area (Å²) in [6.45, 7) is 12.0. The molecule has 16 nitrogen and oxygen atoms in total. The van der Waals surface area contributed by atoms with E-state index in [2.05, 4.69) is 5.32 Å². The average Bonchev–Trinajstić information content (AvgIpc) is 3.74. The second-order valence-electron chi connectivity index (χ2n) is 17.9. The molecule has 62 heavy (non-hydrogen) atoms. The third kappa shape index (κ3) is 8.32. The second-order valence-corrected chi connectivity index (χ2v) is 18.8. The van der Waals surface area contributed by atoms with E-state index < -0.39 is 119 Å². The van der Waals surface area contributed by atoms with Gasteiger partial charge in [0.1, 0.15) is 41.0 Å². The molecule has 6 rings (SSSR count). The highest BCUT2D eigenvalue weighted by Gasteiger charge is 2.75. The normalized spacial score (nSPS) is 30.8. The summed E-state index contributed by atoms with van der Waals surface area (Å²) in [4.78, 5) is 83.9. The summed E-state index contributed by atoms with van der Waals surface area (Å²) >= 11 is 1.08. The van der Waals surface area contributed by atoms with Gasteiger partial charge in [-0.3, -0.25) is 9.59 Å². The van der Waals surface area contributed by atoms with Crippen molar-refractivity contribution in [3.8, 4) is 0 Å². The number of rotatable bonds is 12. The summed E-state index contributed by atoms with van der Waals surface area (Å²) in [5.41, 5.74) is -7.79. The number of fused-ring (bicyclic) bond motifs is 5. The van der Waals surface area contributed by atoms with E-state index in [1.54, 1.807) is 96.3 Å². The van der Waals surface area contributed by atoms with Gasteiger partial charge in [-0.25, -0.2) is 19.2 Å². The predicted octanol–water partition coefficient (Wildman–Crippen LogP) is 4.71. The number of amides is 1. The van der Waals surface area contributed by atoms with Gasteiger partial charge in [0, 0.05) is 25.4 Å². The number of esters is 4. The number of thiophene rings is 1. The number of carbonyl (C=O) groups is 6. The molecule has 1 saturated heterocycles. The summed E-state index contributed by atoms with van der Waals surface area (Å²) in [5, 5.41) is 29.6. The molecule has 3 N–H and O–H groups in total. The van der Waals surface area contributed by atoms with Crippen LogP contribution in [0.1, 0.15) is 89.5 Å². The lowest BCUT2D eigenvalue weighted by atomic mass is 9.46. The quantitative estimate of drug-likeness (QED) is 0.149. The Hall–Kier alpha value is -4.94. The van der Waals surface area contributed by atoms with Crippen LogP contribution < -0.4 is 5.32 Å². The fourth-order valence-corrected chi connectivity index (χ4v) is 9.90. The SMILES string of the molecule is CCC(=O)O[C@@]12CO[C@@H]1C=C[C@@]1(C)C(=O)[C@H](OC(=O)COC)C3=C(C)[C@@H](OC(=O)[C@H](O)[C@@H](NC(=O)OC(C)(C)C)c4ccccc4)C[C@@](O)([C@@H](OC(=O)c4cccs4)[C@H]21)C3(C)C. The van der Waals surface area contributed by atoms with E-state index in [1.807, 2.05) is 0 Å². The molecule has 1 saturated carbocycles.